The molecule has 0 amide bonds. The molecular weight excluding hydrogens is 409 g/mol. The summed E-state index contributed by atoms with van der Waals surface area (Å²) in [6.45, 7) is 13.1. The van der Waals surface area contributed by atoms with Crippen molar-refractivity contribution in [3.63, 3.8) is 0 Å². The van der Waals surface area contributed by atoms with E-state index in [4.69, 9.17) is 0 Å². The second-order valence-corrected chi connectivity index (χ2v) is 20.8. The van der Waals surface area contributed by atoms with Crippen molar-refractivity contribution in [2.45, 2.75) is 125 Å². The molecule has 0 atom stereocenters. The molecule has 0 saturated carbocycles. The molecule has 0 saturated heterocycles. The average Bonchev–Trinajstić information content (AvgIpc) is 2.64. The predicted octanol–water partition coefficient (Wildman–Crippen LogP) is 8.53. The van der Waals surface area contributed by atoms with Crippen molar-refractivity contribution in [2.75, 3.05) is 6.54 Å². The second-order valence-electron chi connectivity index (χ2n) is 7.91. The molecule has 1 nitrogen and oxygen atoms in total. The van der Waals surface area contributed by atoms with Crippen molar-refractivity contribution >= 4 is 18.7 Å². The summed E-state index contributed by atoms with van der Waals surface area (Å²) in [4.78, 5) is 0. The van der Waals surface area contributed by atoms with Crippen LogP contribution < -0.4 is 0 Å². The zero-order valence-electron chi connectivity index (χ0n) is 18.4. The molecule has 0 heterocycles. The molecule has 0 N–H and O–H groups in total. The van der Waals surface area contributed by atoms with Gasteiger partial charge >= 0.3 is 166 Å². The first-order chi connectivity index (χ1) is 12.2. The van der Waals surface area contributed by atoms with Crippen LogP contribution in [0.25, 0.3) is 0 Å². The minimum absolute atomic E-state index is 1.25. The van der Waals surface area contributed by atoms with Gasteiger partial charge in [0.25, 0.3) is 0 Å². The summed E-state index contributed by atoms with van der Waals surface area (Å²) in [5.41, 5.74) is 0. The van der Waals surface area contributed by atoms with E-state index in [1.165, 1.54) is 83.6 Å². The predicted molar refractivity (Wildman–Crippen MR) is 120 cm³/mol. The number of rotatable bonds is 18. The number of hydrogen-bond donors (Lipinski definition) is 0. The van der Waals surface area contributed by atoms with E-state index < -0.39 is 18.7 Å². The molecule has 0 aromatic rings. The third kappa shape index (κ3) is 11.6. The van der Waals surface area contributed by atoms with Crippen molar-refractivity contribution < 1.29 is 0 Å². The minimum atomic E-state index is -2.21. The van der Waals surface area contributed by atoms with E-state index in [1.807, 2.05) is 0 Å². The first kappa shape index (κ1) is 25.3. The van der Waals surface area contributed by atoms with Crippen molar-refractivity contribution in [3.8, 4) is 0 Å². The van der Waals surface area contributed by atoms with Crippen LogP contribution in [0.5, 0.6) is 0 Å². The summed E-state index contributed by atoms with van der Waals surface area (Å²) in [6, 6.07) is 0. The summed E-state index contributed by atoms with van der Waals surface area (Å²) in [5, 5.41) is 0. The number of allylic oxidation sites excluding steroid dienone is 1. The molecule has 0 bridgehead atoms. The van der Waals surface area contributed by atoms with Gasteiger partial charge in [-0.1, -0.05) is 0 Å². The van der Waals surface area contributed by atoms with Gasteiger partial charge in [-0.05, 0) is 0 Å². The normalized spacial score (nSPS) is 12.2. The van der Waals surface area contributed by atoms with Crippen LogP contribution in [0.1, 0.15) is 112 Å². The fraction of sp³-hybridized carbons (Fsp3) is 0.913. The molecule has 0 spiro atoms. The summed E-state index contributed by atoms with van der Waals surface area (Å²) in [6.07, 6.45) is 21.9. The van der Waals surface area contributed by atoms with Gasteiger partial charge in [-0.25, -0.2) is 0 Å². The molecule has 0 aliphatic carbocycles. The standard InChI is InChI=1S/C11H22N.3C4H9.Sn/c1-3-5-6-7-8-9-10-11-12-4-2;3*1-3-4-2;/h10-11H,3-9H2,1-2H3;3*1,3-4H2,2H3;/q-1;;;;+1. The van der Waals surface area contributed by atoms with Crippen molar-refractivity contribution in [1.29, 1.82) is 0 Å². The Kier molecular flexibility index (Phi) is 18.0. The summed E-state index contributed by atoms with van der Waals surface area (Å²) >= 11 is -2.21. The van der Waals surface area contributed by atoms with Gasteiger partial charge in [0.15, 0.2) is 0 Å². The Hall–Kier alpha value is 0.339. The third-order valence-electron chi connectivity index (χ3n) is 5.70. The quantitative estimate of drug-likeness (QED) is 0.147. The van der Waals surface area contributed by atoms with Crippen molar-refractivity contribution in [1.82, 2.24) is 3.12 Å². The SMILES string of the molecule is CCCCCCCC=C[N](CC)[Sn]([CH2]CCC)([CH2]CCC)[CH2]CCC. The molecule has 0 aromatic carbocycles. The Morgan fingerprint density at radius 3 is 1.52 bits per heavy atom. The third-order valence-corrected chi connectivity index (χ3v) is 21.5. The molecule has 2 heteroatoms. The van der Waals surface area contributed by atoms with Crippen LogP contribution in [-0.4, -0.2) is 28.3 Å². The topological polar surface area (TPSA) is 3.24 Å². The zero-order chi connectivity index (χ0) is 18.8. The molecule has 150 valence electrons. The van der Waals surface area contributed by atoms with Crippen LogP contribution in [0.4, 0.5) is 0 Å². The van der Waals surface area contributed by atoms with Crippen LogP contribution in [0.3, 0.4) is 0 Å². The second kappa shape index (κ2) is 17.7. The molecule has 0 aliphatic heterocycles. The number of hydrogen-bond acceptors (Lipinski definition) is 1. The van der Waals surface area contributed by atoms with E-state index in [-0.39, 0.29) is 0 Å². The van der Waals surface area contributed by atoms with Gasteiger partial charge in [-0.15, -0.1) is 0 Å². The van der Waals surface area contributed by atoms with Gasteiger partial charge in [0, 0.05) is 0 Å². The van der Waals surface area contributed by atoms with E-state index in [0.717, 1.165) is 0 Å². The van der Waals surface area contributed by atoms with Gasteiger partial charge < -0.3 is 0 Å². The van der Waals surface area contributed by atoms with Gasteiger partial charge in [0.1, 0.15) is 0 Å². The Labute approximate surface area is 165 Å². The maximum atomic E-state index is 2.93. The first-order valence-corrected chi connectivity index (χ1v) is 19.0. The van der Waals surface area contributed by atoms with E-state index in [1.54, 1.807) is 13.3 Å². The Morgan fingerprint density at radius 1 is 0.600 bits per heavy atom. The maximum absolute atomic E-state index is 2.93. The van der Waals surface area contributed by atoms with Crippen LogP contribution in [-0.2, 0) is 0 Å². The molecule has 0 fully saturated rings. The molecule has 0 rings (SSSR count). The van der Waals surface area contributed by atoms with Gasteiger partial charge in [0.05, 0.1) is 0 Å². The first-order valence-electron chi connectivity index (χ1n) is 11.6. The summed E-state index contributed by atoms with van der Waals surface area (Å²) in [5.74, 6) is 0. The van der Waals surface area contributed by atoms with Gasteiger partial charge in [-0.3, -0.25) is 0 Å². The Balaban J connectivity index is 4.84. The number of nitrogens with zero attached hydrogens (tertiary/aromatic N) is 1. The zero-order valence-corrected chi connectivity index (χ0v) is 21.3. The van der Waals surface area contributed by atoms with E-state index in [9.17, 15) is 0 Å². The van der Waals surface area contributed by atoms with E-state index in [0.29, 0.717) is 0 Å². The average molecular weight is 458 g/mol. The van der Waals surface area contributed by atoms with E-state index >= 15 is 0 Å². The van der Waals surface area contributed by atoms with Crippen LogP contribution in [0, 0.1) is 0 Å². The van der Waals surface area contributed by atoms with Crippen molar-refractivity contribution in [2.24, 2.45) is 0 Å². The van der Waals surface area contributed by atoms with Gasteiger partial charge in [0.2, 0.25) is 0 Å². The fourth-order valence-electron chi connectivity index (χ4n) is 3.99. The van der Waals surface area contributed by atoms with Crippen LogP contribution >= 0.6 is 0 Å². The van der Waals surface area contributed by atoms with Crippen molar-refractivity contribution in [3.05, 3.63) is 12.3 Å². The molecule has 0 aliphatic rings. The summed E-state index contributed by atoms with van der Waals surface area (Å²) in [7, 11) is 0. The van der Waals surface area contributed by atoms with Crippen LogP contribution in [0.15, 0.2) is 12.3 Å². The molecular formula is C23H49NSn. The fourth-order valence-corrected chi connectivity index (χ4v) is 20.4. The number of unbranched alkanes of at least 4 members (excludes halogenated alkanes) is 8. The van der Waals surface area contributed by atoms with Gasteiger partial charge in [-0.2, -0.15) is 0 Å². The van der Waals surface area contributed by atoms with Crippen LogP contribution in [0.2, 0.25) is 13.3 Å². The Bertz CT molecular complexity index is 279. The Morgan fingerprint density at radius 2 is 1.08 bits per heavy atom. The molecule has 0 radical (unpaired) electrons. The molecule has 0 aromatic heterocycles. The molecule has 0 unspecified atom stereocenters. The molecule has 25 heavy (non-hydrogen) atoms. The van der Waals surface area contributed by atoms with E-state index in [2.05, 4.69) is 50.0 Å². The monoisotopic (exact) mass is 459 g/mol. The summed E-state index contributed by atoms with van der Waals surface area (Å²) < 4.78 is 7.68.